The minimum Gasteiger partial charge on any atom is -0.381 e. The Bertz CT molecular complexity index is 455. The van der Waals surface area contributed by atoms with E-state index in [4.69, 9.17) is 37.9 Å². The van der Waals surface area contributed by atoms with Gasteiger partial charge in [0, 0.05) is 52.9 Å². The maximum absolute atomic E-state index is 6.15. The van der Waals surface area contributed by atoms with Gasteiger partial charge >= 0.3 is 0 Å². The molecule has 0 N–H and O–H groups in total. The van der Waals surface area contributed by atoms with Gasteiger partial charge in [0.05, 0.1) is 55.8 Å². The van der Waals surface area contributed by atoms with Crippen LogP contribution in [0.15, 0.2) is 0 Å². The van der Waals surface area contributed by atoms with E-state index in [0.29, 0.717) is 79.3 Å². The van der Waals surface area contributed by atoms with Gasteiger partial charge in [0.25, 0.3) is 0 Å². The van der Waals surface area contributed by atoms with Gasteiger partial charge in [-0.1, -0.05) is 0 Å². The molecule has 0 radical (unpaired) electrons. The van der Waals surface area contributed by atoms with Crippen molar-refractivity contribution >= 4 is 0 Å². The molecule has 0 aliphatic rings. The van der Waals surface area contributed by atoms with Crippen molar-refractivity contribution in [1.29, 1.82) is 0 Å². The largest absolute Gasteiger partial charge is 0.381 e. The molecule has 0 rings (SSSR count). The summed E-state index contributed by atoms with van der Waals surface area (Å²) in [6.07, 6.45) is 4.06. The maximum Gasteiger partial charge on any atom is 0.0637 e. The number of ether oxygens (including phenoxy) is 8. The first kappa shape index (κ1) is 37.7. The van der Waals surface area contributed by atoms with Crippen LogP contribution in [0.3, 0.4) is 0 Å². The second-order valence-electron chi connectivity index (χ2n) is 11.8. The van der Waals surface area contributed by atoms with Gasteiger partial charge in [-0.05, 0) is 88.0 Å². The van der Waals surface area contributed by atoms with E-state index in [-0.39, 0.29) is 23.9 Å². The molecule has 0 aliphatic carbocycles. The highest BCUT2D eigenvalue weighted by Gasteiger charge is 2.32. The molecule has 0 bridgehead atoms. The molecule has 0 aromatic carbocycles. The molecule has 38 heavy (non-hydrogen) atoms. The van der Waals surface area contributed by atoms with Gasteiger partial charge in [-0.2, -0.15) is 0 Å². The highest BCUT2D eigenvalue weighted by atomic mass is 16.5. The van der Waals surface area contributed by atoms with E-state index in [2.05, 4.69) is 20.8 Å². The van der Waals surface area contributed by atoms with E-state index < -0.39 is 5.41 Å². The van der Waals surface area contributed by atoms with Gasteiger partial charge in [0.2, 0.25) is 0 Å². The van der Waals surface area contributed by atoms with Crippen LogP contribution >= 0.6 is 0 Å². The molecule has 0 unspecified atom stereocenters. The first-order valence-electron chi connectivity index (χ1n) is 14.8. The average Bonchev–Trinajstić information content (AvgIpc) is 2.81. The molecule has 8 nitrogen and oxygen atoms in total. The highest BCUT2D eigenvalue weighted by Crippen LogP contribution is 2.22. The topological polar surface area (TPSA) is 73.8 Å². The van der Waals surface area contributed by atoms with Crippen molar-refractivity contribution in [2.24, 2.45) is 5.41 Å². The second-order valence-corrected chi connectivity index (χ2v) is 11.8. The van der Waals surface area contributed by atoms with Crippen molar-refractivity contribution in [3.05, 3.63) is 0 Å². The summed E-state index contributed by atoms with van der Waals surface area (Å²) < 4.78 is 47.3. The zero-order valence-electron chi connectivity index (χ0n) is 26.3. The van der Waals surface area contributed by atoms with E-state index in [1.54, 1.807) is 0 Å². The minimum absolute atomic E-state index is 0.142. The van der Waals surface area contributed by atoms with Crippen molar-refractivity contribution < 1.29 is 37.9 Å². The summed E-state index contributed by atoms with van der Waals surface area (Å²) in [5.41, 5.74) is -0.543. The first-order valence-corrected chi connectivity index (χ1v) is 14.8. The normalized spacial score (nSPS) is 12.9. The van der Waals surface area contributed by atoms with Crippen molar-refractivity contribution in [3.63, 3.8) is 0 Å². The maximum atomic E-state index is 6.15. The van der Waals surface area contributed by atoms with Crippen LogP contribution in [0, 0.1) is 5.41 Å². The molecule has 230 valence electrons. The molecule has 8 heteroatoms. The third-order valence-electron chi connectivity index (χ3n) is 5.25. The molecular weight excluding hydrogens is 488 g/mol. The zero-order valence-corrected chi connectivity index (χ0v) is 26.3. The van der Waals surface area contributed by atoms with Crippen molar-refractivity contribution in [3.8, 4) is 0 Å². The molecule has 0 amide bonds. The molecule has 0 atom stereocenters. The number of hydrogen-bond acceptors (Lipinski definition) is 8. The minimum atomic E-state index is -0.401. The third kappa shape index (κ3) is 25.9. The first-order chi connectivity index (χ1) is 18.0. The standard InChI is InChI=1S/C30H62O8/c1-26(2)35-18-10-14-31-22-30(23-32-15-11-19-36-27(3)4,24-33-16-12-20-37-28(5)6)25-34-17-13-21-38-29(7,8)9/h26-28H,10-25H2,1-9H3. The number of hydrogen-bond donors (Lipinski definition) is 0. The Labute approximate surface area is 234 Å². The fourth-order valence-corrected chi connectivity index (χ4v) is 3.38. The van der Waals surface area contributed by atoms with Crippen molar-refractivity contribution in [2.45, 2.75) is 112 Å². The van der Waals surface area contributed by atoms with Crippen LogP contribution in [0.2, 0.25) is 0 Å². The van der Waals surface area contributed by atoms with Crippen LogP contribution in [0.4, 0.5) is 0 Å². The fraction of sp³-hybridized carbons (Fsp3) is 1.00. The lowest BCUT2D eigenvalue weighted by molar-refractivity contribution is -0.112. The Kier molecular flexibility index (Phi) is 23.2. The smallest absolute Gasteiger partial charge is 0.0637 e. The van der Waals surface area contributed by atoms with Crippen LogP contribution in [0.25, 0.3) is 0 Å². The quantitative estimate of drug-likeness (QED) is 0.121. The summed E-state index contributed by atoms with van der Waals surface area (Å²) in [5.74, 6) is 0. The molecule has 0 saturated carbocycles. The fourth-order valence-electron chi connectivity index (χ4n) is 3.38. The number of rotatable bonds is 27. The predicted octanol–water partition coefficient (Wildman–Crippen LogP) is 5.69. The Balaban J connectivity index is 4.94. The van der Waals surface area contributed by atoms with Crippen LogP contribution in [0.1, 0.15) is 88.0 Å². The van der Waals surface area contributed by atoms with Crippen molar-refractivity contribution in [1.82, 2.24) is 0 Å². The van der Waals surface area contributed by atoms with Gasteiger partial charge in [-0.25, -0.2) is 0 Å². The highest BCUT2D eigenvalue weighted by molar-refractivity contribution is 4.79. The average molecular weight is 551 g/mol. The van der Waals surface area contributed by atoms with E-state index in [0.717, 1.165) is 25.7 Å². The molecule has 0 aromatic heterocycles. The van der Waals surface area contributed by atoms with E-state index in [9.17, 15) is 0 Å². The summed E-state index contributed by atoms with van der Waals surface area (Å²) in [4.78, 5) is 0. The van der Waals surface area contributed by atoms with E-state index in [1.165, 1.54) is 0 Å². The molecule has 0 heterocycles. The summed E-state index contributed by atoms with van der Waals surface area (Å²) in [7, 11) is 0. The lowest BCUT2D eigenvalue weighted by Crippen LogP contribution is -2.42. The Morgan fingerprint density at radius 2 is 0.711 bits per heavy atom. The van der Waals surface area contributed by atoms with Gasteiger partial charge in [-0.3, -0.25) is 0 Å². The molecular formula is C30H62O8. The lowest BCUT2D eigenvalue weighted by Gasteiger charge is -2.33. The summed E-state index contributed by atoms with van der Waals surface area (Å²) in [5, 5.41) is 0. The van der Waals surface area contributed by atoms with Gasteiger partial charge in [-0.15, -0.1) is 0 Å². The van der Waals surface area contributed by atoms with Crippen LogP contribution in [-0.4, -0.2) is 103 Å². The van der Waals surface area contributed by atoms with E-state index >= 15 is 0 Å². The molecule has 0 aliphatic heterocycles. The second kappa shape index (κ2) is 23.4. The van der Waals surface area contributed by atoms with Gasteiger partial charge in [0.1, 0.15) is 0 Å². The zero-order chi connectivity index (χ0) is 28.7. The summed E-state index contributed by atoms with van der Waals surface area (Å²) in [6, 6.07) is 0. The Hall–Kier alpha value is -0.320. The molecule has 0 fully saturated rings. The molecule has 0 aromatic rings. The van der Waals surface area contributed by atoms with Crippen LogP contribution in [-0.2, 0) is 37.9 Å². The van der Waals surface area contributed by atoms with Gasteiger partial charge in [0.15, 0.2) is 0 Å². The monoisotopic (exact) mass is 550 g/mol. The summed E-state index contributed by atoms with van der Waals surface area (Å²) in [6.45, 7) is 25.7. The van der Waals surface area contributed by atoms with E-state index in [1.807, 2.05) is 41.5 Å². The SMILES string of the molecule is CC(C)OCCCOCC(COCCCOC(C)C)(COCCCOC(C)C)COCCCOC(C)(C)C. The van der Waals surface area contributed by atoms with Crippen LogP contribution in [0.5, 0.6) is 0 Å². The molecule has 0 saturated heterocycles. The van der Waals surface area contributed by atoms with Crippen molar-refractivity contribution in [2.75, 3.05) is 79.3 Å². The predicted molar refractivity (Wildman–Crippen MR) is 153 cm³/mol. The van der Waals surface area contributed by atoms with Crippen LogP contribution < -0.4 is 0 Å². The Morgan fingerprint density at radius 3 is 0.974 bits per heavy atom. The third-order valence-corrected chi connectivity index (χ3v) is 5.25. The molecule has 0 spiro atoms. The Morgan fingerprint density at radius 1 is 0.421 bits per heavy atom. The lowest BCUT2D eigenvalue weighted by atomic mass is 9.92. The van der Waals surface area contributed by atoms with Gasteiger partial charge < -0.3 is 37.9 Å². The summed E-state index contributed by atoms with van der Waals surface area (Å²) >= 11 is 0.